The second kappa shape index (κ2) is 1.87. The summed E-state index contributed by atoms with van der Waals surface area (Å²) < 4.78 is 0. The first-order valence-corrected chi connectivity index (χ1v) is 1.89. The van der Waals surface area contributed by atoms with Crippen LogP contribution in [0.2, 0.25) is 0 Å². The van der Waals surface area contributed by atoms with Crippen LogP contribution < -0.4 is 0 Å². The Morgan fingerprint density at radius 1 is 1.50 bits per heavy atom. The normalized spacial score (nSPS) is 17.8. The van der Waals surface area contributed by atoms with Gasteiger partial charge in [-0.1, -0.05) is 7.43 Å². The fourth-order valence-electron chi connectivity index (χ4n) is 0.250. The van der Waals surface area contributed by atoms with Crippen molar-refractivity contribution < 1.29 is 0 Å². The van der Waals surface area contributed by atoms with Crippen molar-refractivity contribution in [3.8, 4) is 12.3 Å². The summed E-state index contributed by atoms with van der Waals surface area (Å²) in [6.45, 7) is 0. The Morgan fingerprint density at radius 2 is 2.00 bits per heavy atom. The number of terminal acetylenes is 1. The highest BCUT2D eigenvalue weighted by atomic mass is 14.2. The summed E-state index contributed by atoms with van der Waals surface area (Å²) in [4.78, 5) is 0. The van der Waals surface area contributed by atoms with Crippen LogP contribution in [0.15, 0.2) is 0 Å². The summed E-state index contributed by atoms with van der Waals surface area (Å²) in [6, 6.07) is 0. The molecule has 0 atom stereocenters. The predicted octanol–water partition coefficient (Wildman–Crippen LogP) is 1.67. The highest BCUT2D eigenvalue weighted by Crippen LogP contribution is 2.26. The SMILES string of the molecule is C.C#CC1CC1. The van der Waals surface area contributed by atoms with E-state index in [-0.39, 0.29) is 7.43 Å². The standard InChI is InChI=1S/C5H6.CH4/c1-2-5-3-4-5;/h1,5H,3-4H2;1H4. The fraction of sp³-hybridized carbons (Fsp3) is 0.667. The molecule has 0 aromatic carbocycles. The third kappa shape index (κ3) is 1.12. The van der Waals surface area contributed by atoms with E-state index < -0.39 is 0 Å². The molecule has 0 heterocycles. The third-order valence-electron chi connectivity index (χ3n) is 0.813. The average Bonchev–Trinajstić information content (AvgIpc) is 2.12. The lowest BCUT2D eigenvalue weighted by molar-refractivity contribution is 1.18. The lowest BCUT2D eigenvalue weighted by Gasteiger charge is -1.57. The van der Waals surface area contributed by atoms with Crippen LogP contribution in [-0.4, -0.2) is 0 Å². The molecule has 0 saturated heterocycles. The second-order valence-electron chi connectivity index (χ2n) is 1.44. The summed E-state index contributed by atoms with van der Waals surface area (Å²) in [5.41, 5.74) is 0. The summed E-state index contributed by atoms with van der Waals surface area (Å²) in [5.74, 6) is 3.30. The van der Waals surface area contributed by atoms with Crippen molar-refractivity contribution in [1.29, 1.82) is 0 Å². The van der Waals surface area contributed by atoms with Gasteiger partial charge in [0.1, 0.15) is 0 Å². The zero-order valence-corrected chi connectivity index (χ0v) is 3.07. The van der Waals surface area contributed by atoms with Gasteiger partial charge in [0, 0.05) is 5.92 Å². The van der Waals surface area contributed by atoms with E-state index in [4.69, 9.17) is 6.42 Å². The van der Waals surface area contributed by atoms with E-state index in [1.807, 2.05) is 0 Å². The van der Waals surface area contributed by atoms with Crippen LogP contribution in [0.4, 0.5) is 0 Å². The number of hydrogen-bond acceptors (Lipinski definition) is 0. The molecule has 0 heteroatoms. The van der Waals surface area contributed by atoms with Crippen LogP contribution in [0.25, 0.3) is 0 Å². The minimum absolute atomic E-state index is 0. The van der Waals surface area contributed by atoms with Crippen molar-refractivity contribution in [2.24, 2.45) is 5.92 Å². The van der Waals surface area contributed by atoms with Gasteiger partial charge in [0.2, 0.25) is 0 Å². The summed E-state index contributed by atoms with van der Waals surface area (Å²) in [6.07, 6.45) is 7.53. The van der Waals surface area contributed by atoms with Crippen LogP contribution in [0.3, 0.4) is 0 Å². The molecule has 0 aromatic rings. The van der Waals surface area contributed by atoms with Gasteiger partial charge in [0.05, 0.1) is 0 Å². The van der Waals surface area contributed by atoms with Gasteiger partial charge in [-0.3, -0.25) is 0 Å². The summed E-state index contributed by atoms with van der Waals surface area (Å²) in [5, 5.41) is 0. The van der Waals surface area contributed by atoms with Gasteiger partial charge >= 0.3 is 0 Å². The van der Waals surface area contributed by atoms with E-state index in [0.717, 1.165) is 0 Å². The molecule has 0 aliphatic heterocycles. The monoisotopic (exact) mass is 82.1 g/mol. The van der Waals surface area contributed by atoms with E-state index >= 15 is 0 Å². The van der Waals surface area contributed by atoms with Crippen LogP contribution >= 0.6 is 0 Å². The largest absolute Gasteiger partial charge is 0.120 e. The minimum Gasteiger partial charge on any atom is -0.120 e. The second-order valence-corrected chi connectivity index (χ2v) is 1.44. The Hall–Kier alpha value is -0.440. The Kier molecular flexibility index (Phi) is 1.73. The third-order valence-corrected chi connectivity index (χ3v) is 0.813. The Labute approximate surface area is 39.6 Å². The van der Waals surface area contributed by atoms with Crippen molar-refractivity contribution in [1.82, 2.24) is 0 Å². The van der Waals surface area contributed by atoms with E-state index in [2.05, 4.69) is 5.92 Å². The van der Waals surface area contributed by atoms with Gasteiger partial charge in [-0.25, -0.2) is 0 Å². The maximum atomic E-state index is 4.98. The van der Waals surface area contributed by atoms with Gasteiger partial charge in [0.15, 0.2) is 0 Å². The lowest BCUT2D eigenvalue weighted by Crippen LogP contribution is -1.52. The van der Waals surface area contributed by atoms with E-state index in [1.165, 1.54) is 12.8 Å². The molecule has 0 amide bonds. The van der Waals surface area contributed by atoms with Crippen LogP contribution in [0.1, 0.15) is 20.3 Å². The molecule has 0 bridgehead atoms. The molecule has 1 saturated carbocycles. The molecule has 1 aliphatic rings. The van der Waals surface area contributed by atoms with Crippen molar-refractivity contribution in [3.63, 3.8) is 0 Å². The molecule has 0 aromatic heterocycles. The fourth-order valence-corrected chi connectivity index (χ4v) is 0.250. The highest BCUT2D eigenvalue weighted by Gasteiger charge is 2.16. The Morgan fingerprint density at radius 3 is 2.00 bits per heavy atom. The Bertz CT molecular complexity index is 62.6. The van der Waals surface area contributed by atoms with E-state index in [0.29, 0.717) is 5.92 Å². The molecule has 34 valence electrons. The first-order valence-electron chi connectivity index (χ1n) is 1.89. The average molecular weight is 82.1 g/mol. The minimum atomic E-state index is 0. The topological polar surface area (TPSA) is 0 Å². The van der Waals surface area contributed by atoms with Crippen molar-refractivity contribution in [2.45, 2.75) is 20.3 Å². The van der Waals surface area contributed by atoms with Crippen molar-refractivity contribution >= 4 is 0 Å². The van der Waals surface area contributed by atoms with Gasteiger partial charge < -0.3 is 0 Å². The molecule has 1 rings (SSSR count). The molecule has 0 unspecified atom stereocenters. The van der Waals surface area contributed by atoms with Gasteiger partial charge in [-0.15, -0.1) is 12.3 Å². The first-order chi connectivity index (χ1) is 2.43. The molecule has 1 aliphatic carbocycles. The molecule has 0 nitrogen and oxygen atoms in total. The number of rotatable bonds is 0. The smallest absolute Gasteiger partial charge is 0.0201 e. The number of hydrogen-bond donors (Lipinski definition) is 0. The molecule has 0 spiro atoms. The van der Waals surface area contributed by atoms with Crippen LogP contribution in [-0.2, 0) is 0 Å². The van der Waals surface area contributed by atoms with E-state index in [1.54, 1.807) is 0 Å². The molecule has 6 heavy (non-hydrogen) atoms. The van der Waals surface area contributed by atoms with Crippen molar-refractivity contribution in [3.05, 3.63) is 0 Å². The van der Waals surface area contributed by atoms with Gasteiger partial charge in [-0.05, 0) is 12.8 Å². The maximum Gasteiger partial charge on any atom is 0.0201 e. The molecule has 1 fully saturated rings. The van der Waals surface area contributed by atoms with Crippen LogP contribution in [0, 0.1) is 18.3 Å². The molecular formula is C6H10. The lowest BCUT2D eigenvalue weighted by atomic mass is 10.5. The summed E-state index contributed by atoms with van der Waals surface area (Å²) >= 11 is 0. The Balaban J connectivity index is 0.000000250. The predicted molar refractivity (Wildman–Crippen MR) is 28.3 cm³/mol. The van der Waals surface area contributed by atoms with Gasteiger partial charge in [-0.2, -0.15) is 0 Å². The van der Waals surface area contributed by atoms with Gasteiger partial charge in [0.25, 0.3) is 0 Å². The first kappa shape index (κ1) is 5.56. The summed E-state index contributed by atoms with van der Waals surface area (Å²) in [7, 11) is 0. The maximum absolute atomic E-state index is 4.98. The highest BCUT2D eigenvalue weighted by molar-refractivity contribution is 5.00. The van der Waals surface area contributed by atoms with E-state index in [9.17, 15) is 0 Å². The molecule has 0 radical (unpaired) electrons. The molecule has 0 N–H and O–H groups in total. The quantitative estimate of drug-likeness (QED) is 0.390. The van der Waals surface area contributed by atoms with Crippen LogP contribution in [0.5, 0.6) is 0 Å². The van der Waals surface area contributed by atoms with Crippen molar-refractivity contribution in [2.75, 3.05) is 0 Å². The zero-order chi connectivity index (χ0) is 3.70. The zero-order valence-electron chi connectivity index (χ0n) is 3.07. The molecular weight excluding hydrogens is 72.1 g/mol.